The van der Waals surface area contributed by atoms with Crippen LogP contribution in [0.5, 0.6) is 5.75 Å². The third kappa shape index (κ3) is 1.79. The van der Waals surface area contributed by atoms with Gasteiger partial charge in [0.1, 0.15) is 11.3 Å². The molecule has 2 saturated carbocycles. The van der Waals surface area contributed by atoms with Crippen LogP contribution in [0.15, 0.2) is 17.1 Å². The number of aromatic hydroxyl groups is 1. The van der Waals surface area contributed by atoms with Crippen LogP contribution in [0.3, 0.4) is 0 Å². The zero-order valence-corrected chi connectivity index (χ0v) is 10.1. The summed E-state index contributed by atoms with van der Waals surface area (Å²) in [6, 6.07) is 1.28. The van der Waals surface area contributed by atoms with Crippen molar-refractivity contribution in [2.45, 2.75) is 25.3 Å². The van der Waals surface area contributed by atoms with Crippen LogP contribution in [0.2, 0.25) is 0 Å². The Kier molecular flexibility index (Phi) is 2.43. The van der Waals surface area contributed by atoms with Gasteiger partial charge in [0.25, 0.3) is 5.56 Å². The van der Waals surface area contributed by atoms with Gasteiger partial charge in [-0.2, -0.15) is 0 Å². The van der Waals surface area contributed by atoms with Crippen LogP contribution >= 0.6 is 0 Å². The SMILES string of the molecule is COC(=O)c1cn(C2CC2C2CC2)c(=O)cc1O. The maximum atomic E-state index is 11.8. The number of rotatable bonds is 3. The quantitative estimate of drug-likeness (QED) is 0.820. The van der Waals surface area contributed by atoms with Gasteiger partial charge in [0.05, 0.1) is 7.11 Å². The first kappa shape index (κ1) is 11.3. The maximum Gasteiger partial charge on any atom is 0.343 e. The third-order valence-electron chi connectivity index (χ3n) is 3.85. The first-order valence-electron chi connectivity index (χ1n) is 6.15. The largest absolute Gasteiger partial charge is 0.507 e. The van der Waals surface area contributed by atoms with Gasteiger partial charge in [0, 0.05) is 18.3 Å². The minimum atomic E-state index is -0.620. The van der Waals surface area contributed by atoms with Gasteiger partial charge in [-0.15, -0.1) is 0 Å². The van der Waals surface area contributed by atoms with Gasteiger partial charge in [-0.25, -0.2) is 4.79 Å². The number of pyridine rings is 1. The number of hydrogen-bond acceptors (Lipinski definition) is 4. The second kappa shape index (κ2) is 3.86. The zero-order valence-electron chi connectivity index (χ0n) is 10.1. The summed E-state index contributed by atoms with van der Waals surface area (Å²) in [7, 11) is 1.25. The molecular formula is C13H15NO4. The van der Waals surface area contributed by atoms with E-state index in [0.717, 1.165) is 18.4 Å². The molecule has 5 nitrogen and oxygen atoms in total. The maximum absolute atomic E-state index is 11.8. The minimum absolute atomic E-state index is 0.0542. The number of ether oxygens (including phenoxy) is 1. The highest BCUT2D eigenvalue weighted by Crippen LogP contribution is 2.56. The Hall–Kier alpha value is -1.78. The lowest BCUT2D eigenvalue weighted by molar-refractivity contribution is 0.0596. The topological polar surface area (TPSA) is 68.5 Å². The van der Waals surface area contributed by atoms with Crippen molar-refractivity contribution in [2.24, 2.45) is 11.8 Å². The molecule has 2 unspecified atom stereocenters. The molecule has 1 N–H and O–H groups in total. The number of carbonyl (C=O) groups excluding carboxylic acids is 1. The molecule has 5 heteroatoms. The van der Waals surface area contributed by atoms with Crippen molar-refractivity contribution in [2.75, 3.05) is 7.11 Å². The molecule has 96 valence electrons. The molecule has 3 rings (SSSR count). The van der Waals surface area contributed by atoms with E-state index in [-0.39, 0.29) is 22.9 Å². The summed E-state index contributed by atoms with van der Waals surface area (Å²) < 4.78 is 6.15. The monoisotopic (exact) mass is 249 g/mol. The van der Waals surface area contributed by atoms with Crippen LogP contribution in [-0.2, 0) is 4.74 Å². The van der Waals surface area contributed by atoms with Gasteiger partial charge in [-0.3, -0.25) is 4.79 Å². The summed E-state index contributed by atoms with van der Waals surface area (Å²) >= 11 is 0. The highest BCUT2D eigenvalue weighted by molar-refractivity contribution is 5.91. The third-order valence-corrected chi connectivity index (χ3v) is 3.85. The molecule has 2 atom stereocenters. The first-order valence-corrected chi connectivity index (χ1v) is 6.15. The van der Waals surface area contributed by atoms with Crippen LogP contribution in [0.25, 0.3) is 0 Å². The Balaban J connectivity index is 1.94. The summed E-state index contributed by atoms with van der Waals surface area (Å²) in [5.74, 6) is 0.381. The number of nitrogens with zero attached hydrogens (tertiary/aromatic N) is 1. The van der Waals surface area contributed by atoms with Crippen molar-refractivity contribution < 1.29 is 14.6 Å². The fourth-order valence-corrected chi connectivity index (χ4v) is 2.62. The lowest BCUT2D eigenvalue weighted by Gasteiger charge is -2.08. The average Bonchev–Trinajstić information content (AvgIpc) is 3.18. The van der Waals surface area contributed by atoms with Gasteiger partial charge < -0.3 is 14.4 Å². The lowest BCUT2D eigenvalue weighted by Crippen LogP contribution is -2.20. The predicted molar refractivity (Wildman–Crippen MR) is 63.6 cm³/mol. The van der Waals surface area contributed by atoms with Crippen LogP contribution in [0.4, 0.5) is 0 Å². The highest BCUT2D eigenvalue weighted by Gasteiger charge is 2.48. The summed E-state index contributed by atoms with van der Waals surface area (Å²) in [5.41, 5.74) is -0.202. The number of esters is 1. The Morgan fingerprint density at radius 3 is 2.83 bits per heavy atom. The van der Waals surface area contributed by atoms with Gasteiger partial charge in [-0.1, -0.05) is 0 Å². The molecule has 2 aliphatic carbocycles. The van der Waals surface area contributed by atoms with Gasteiger partial charge in [0.2, 0.25) is 0 Å². The molecule has 2 fully saturated rings. The Morgan fingerprint density at radius 2 is 2.22 bits per heavy atom. The van der Waals surface area contributed by atoms with E-state index in [4.69, 9.17) is 0 Å². The average molecular weight is 249 g/mol. The molecule has 2 aliphatic rings. The Labute approximate surface area is 104 Å². The van der Waals surface area contributed by atoms with Crippen molar-refractivity contribution in [3.8, 4) is 5.75 Å². The van der Waals surface area contributed by atoms with Crippen molar-refractivity contribution in [3.63, 3.8) is 0 Å². The molecule has 1 heterocycles. The smallest absolute Gasteiger partial charge is 0.343 e. The molecule has 0 saturated heterocycles. The van der Waals surface area contributed by atoms with E-state index in [1.54, 1.807) is 4.57 Å². The van der Waals surface area contributed by atoms with E-state index in [1.165, 1.54) is 26.1 Å². The van der Waals surface area contributed by atoms with E-state index in [9.17, 15) is 14.7 Å². The Bertz CT molecular complexity index is 559. The van der Waals surface area contributed by atoms with E-state index in [1.807, 2.05) is 0 Å². The van der Waals surface area contributed by atoms with Crippen LogP contribution in [0, 0.1) is 11.8 Å². The fourth-order valence-electron chi connectivity index (χ4n) is 2.62. The summed E-state index contributed by atoms with van der Waals surface area (Å²) in [6.45, 7) is 0. The minimum Gasteiger partial charge on any atom is -0.507 e. The number of carbonyl (C=O) groups is 1. The van der Waals surface area contributed by atoms with E-state index in [2.05, 4.69) is 4.74 Å². The summed E-state index contributed by atoms with van der Waals surface area (Å²) in [5, 5.41) is 9.59. The van der Waals surface area contributed by atoms with E-state index >= 15 is 0 Å². The second-order valence-corrected chi connectivity index (χ2v) is 5.11. The van der Waals surface area contributed by atoms with Crippen molar-refractivity contribution in [3.05, 3.63) is 28.2 Å². The highest BCUT2D eigenvalue weighted by atomic mass is 16.5. The predicted octanol–water partition coefficient (Wildman–Crippen LogP) is 1.31. The van der Waals surface area contributed by atoms with Crippen molar-refractivity contribution >= 4 is 5.97 Å². The molecule has 18 heavy (non-hydrogen) atoms. The van der Waals surface area contributed by atoms with Crippen LogP contribution in [0.1, 0.15) is 35.7 Å². The second-order valence-electron chi connectivity index (χ2n) is 5.11. The molecule has 0 radical (unpaired) electrons. The fraction of sp³-hybridized carbons (Fsp3) is 0.538. The molecule has 0 amide bonds. The lowest BCUT2D eigenvalue weighted by atomic mass is 10.2. The van der Waals surface area contributed by atoms with Crippen molar-refractivity contribution in [1.29, 1.82) is 0 Å². The van der Waals surface area contributed by atoms with E-state index < -0.39 is 5.97 Å². The Morgan fingerprint density at radius 1 is 1.50 bits per heavy atom. The molecule has 0 spiro atoms. The van der Waals surface area contributed by atoms with Gasteiger partial charge >= 0.3 is 5.97 Å². The summed E-state index contributed by atoms with van der Waals surface area (Å²) in [4.78, 5) is 23.3. The number of hydrogen-bond donors (Lipinski definition) is 1. The van der Waals surface area contributed by atoms with Crippen LogP contribution in [-0.4, -0.2) is 22.8 Å². The van der Waals surface area contributed by atoms with Gasteiger partial charge in [0.15, 0.2) is 0 Å². The molecular weight excluding hydrogens is 234 g/mol. The van der Waals surface area contributed by atoms with E-state index in [0.29, 0.717) is 5.92 Å². The molecule has 1 aromatic rings. The first-order chi connectivity index (χ1) is 8.61. The molecule has 0 aliphatic heterocycles. The standard InChI is InChI=1S/C13H15NO4/c1-18-13(17)9-6-14(12(16)5-11(9)15)10-4-8(10)7-2-3-7/h5-8,10,15H,2-4H2,1H3. The zero-order chi connectivity index (χ0) is 12.9. The van der Waals surface area contributed by atoms with Crippen LogP contribution < -0.4 is 5.56 Å². The van der Waals surface area contributed by atoms with Crippen molar-refractivity contribution in [1.82, 2.24) is 4.57 Å². The molecule has 1 aromatic heterocycles. The van der Waals surface area contributed by atoms with Gasteiger partial charge in [-0.05, 0) is 31.1 Å². The number of aromatic nitrogens is 1. The molecule has 0 bridgehead atoms. The molecule has 0 aromatic carbocycles. The summed E-state index contributed by atoms with van der Waals surface area (Å²) in [6.07, 6.45) is 4.92. The number of methoxy groups -OCH3 is 1. The normalized spacial score (nSPS) is 25.8.